The van der Waals surface area contributed by atoms with Crippen LogP contribution in [0.15, 0.2) is 41.2 Å². The molecule has 1 aromatic heterocycles. The molecule has 84 valence electrons. The molecular weight excluding hydrogens is 282 g/mol. The lowest BCUT2D eigenvalue weighted by molar-refractivity contribution is 0.584. The van der Waals surface area contributed by atoms with E-state index in [0.29, 0.717) is 5.92 Å². The van der Waals surface area contributed by atoms with E-state index in [1.807, 2.05) is 5.51 Å². The maximum absolute atomic E-state index is 4.34. The minimum absolute atomic E-state index is 0.629. The maximum atomic E-state index is 4.34. The zero-order valence-corrected chi connectivity index (χ0v) is 11.4. The summed E-state index contributed by atoms with van der Waals surface area (Å²) in [4.78, 5) is 4.34. The molecule has 2 aromatic rings. The summed E-state index contributed by atoms with van der Waals surface area (Å²) >= 11 is 5.27. The Hall–Kier alpha value is -0.670. The van der Waals surface area contributed by atoms with Crippen molar-refractivity contribution in [3.05, 3.63) is 52.5 Å². The Kier molecular flexibility index (Phi) is 4.55. The van der Waals surface area contributed by atoms with E-state index in [9.17, 15) is 0 Å². The van der Waals surface area contributed by atoms with Crippen molar-refractivity contribution in [2.75, 3.05) is 5.33 Å². The van der Waals surface area contributed by atoms with Crippen LogP contribution in [0.2, 0.25) is 0 Å². The highest BCUT2D eigenvalue weighted by Gasteiger charge is 2.10. The third-order valence-corrected chi connectivity index (χ3v) is 4.12. The van der Waals surface area contributed by atoms with Crippen LogP contribution in [0.25, 0.3) is 0 Å². The van der Waals surface area contributed by atoms with Gasteiger partial charge in [-0.2, -0.15) is 0 Å². The lowest BCUT2D eigenvalue weighted by atomic mass is 9.97. The Labute approximate surface area is 109 Å². The molecule has 0 amide bonds. The molecule has 0 saturated heterocycles. The molecule has 1 heterocycles. The molecule has 3 heteroatoms. The summed E-state index contributed by atoms with van der Waals surface area (Å²) in [5.41, 5.74) is 4.52. The minimum Gasteiger partial charge on any atom is -0.250 e. The first-order chi connectivity index (χ1) is 7.88. The largest absolute Gasteiger partial charge is 0.250 e. The molecule has 16 heavy (non-hydrogen) atoms. The lowest BCUT2D eigenvalue weighted by Crippen LogP contribution is -2.10. The highest BCUT2D eigenvalue weighted by Crippen LogP contribution is 2.16. The fourth-order valence-electron chi connectivity index (χ4n) is 1.76. The molecule has 2 rings (SSSR count). The second kappa shape index (κ2) is 6.16. The van der Waals surface area contributed by atoms with Gasteiger partial charge in [-0.15, -0.1) is 11.3 Å². The molecule has 0 radical (unpaired) electrons. The molecule has 1 aromatic carbocycles. The molecule has 0 aliphatic heterocycles. The smallest absolute Gasteiger partial charge is 0.0794 e. The van der Waals surface area contributed by atoms with Crippen molar-refractivity contribution in [1.82, 2.24) is 4.98 Å². The van der Waals surface area contributed by atoms with E-state index < -0.39 is 0 Å². The number of alkyl halides is 1. The predicted molar refractivity (Wildman–Crippen MR) is 73.2 cm³/mol. The van der Waals surface area contributed by atoms with Crippen LogP contribution in [0.1, 0.15) is 11.3 Å². The average molecular weight is 296 g/mol. The van der Waals surface area contributed by atoms with E-state index in [4.69, 9.17) is 0 Å². The Morgan fingerprint density at radius 1 is 1.19 bits per heavy atom. The number of nitrogens with zero attached hydrogens (tertiary/aromatic N) is 1. The number of halogens is 1. The molecule has 0 aliphatic rings. The molecule has 1 unspecified atom stereocenters. The van der Waals surface area contributed by atoms with E-state index in [1.165, 1.54) is 11.3 Å². The van der Waals surface area contributed by atoms with Gasteiger partial charge in [-0.25, -0.2) is 4.98 Å². The van der Waals surface area contributed by atoms with Crippen molar-refractivity contribution in [2.24, 2.45) is 5.92 Å². The molecule has 0 spiro atoms. The number of hydrogen-bond acceptors (Lipinski definition) is 2. The van der Waals surface area contributed by atoms with Gasteiger partial charge in [0.1, 0.15) is 0 Å². The normalized spacial score (nSPS) is 12.6. The number of hydrogen-bond donors (Lipinski definition) is 0. The lowest BCUT2D eigenvalue weighted by Gasteiger charge is -2.12. The predicted octanol–water partition coefficient (Wildman–Crippen LogP) is 3.94. The first kappa shape index (κ1) is 11.8. The quantitative estimate of drug-likeness (QED) is 0.762. The van der Waals surface area contributed by atoms with Gasteiger partial charge in [0.05, 0.1) is 11.2 Å². The van der Waals surface area contributed by atoms with Crippen molar-refractivity contribution in [1.29, 1.82) is 0 Å². The van der Waals surface area contributed by atoms with E-state index in [-0.39, 0.29) is 0 Å². The van der Waals surface area contributed by atoms with Gasteiger partial charge in [-0.05, 0) is 24.3 Å². The van der Waals surface area contributed by atoms with Gasteiger partial charge < -0.3 is 0 Å². The second-order valence-corrected chi connectivity index (χ2v) is 5.26. The summed E-state index contributed by atoms with van der Waals surface area (Å²) in [5, 5.41) is 3.17. The van der Waals surface area contributed by atoms with E-state index >= 15 is 0 Å². The van der Waals surface area contributed by atoms with Crippen molar-refractivity contribution >= 4 is 27.3 Å². The van der Waals surface area contributed by atoms with Crippen LogP contribution in [0.5, 0.6) is 0 Å². The van der Waals surface area contributed by atoms with Gasteiger partial charge in [0.2, 0.25) is 0 Å². The van der Waals surface area contributed by atoms with Crippen LogP contribution < -0.4 is 0 Å². The van der Waals surface area contributed by atoms with Crippen LogP contribution >= 0.6 is 27.3 Å². The minimum atomic E-state index is 0.629. The Morgan fingerprint density at radius 2 is 2.00 bits per heavy atom. The van der Waals surface area contributed by atoms with E-state index in [1.54, 1.807) is 11.3 Å². The molecule has 0 bridgehead atoms. The number of rotatable bonds is 5. The Bertz CT molecular complexity index is 399. The van der Waals surface area contributed by atoms with Crippen LogP contribution in [-0.2, 0) is 12.8 Å². The zero-order valence-electron chi connectivity index (χ0n) is 8.97. The topological polar surface area (TPSA) is 12.9 Å². The summed E-state index contributed by atoms with van der Waals surface area (Å²) in [6.07, 6.45) is 2.17. The third-order valence-electron chi connectivity index (χ3n) is 2.57. The van der Waals surface area contributed by atoms with Gasteiger partial charge in [-0.3, -0.25) is 0 Å². The number of benzene rings is 1. The maximum Gasteiger partial charge on any atom is 0.0794 e. The fraction of sp³-hybridized carbons (Fsp3) is 0.308. The van der Waals surface area contributed by atoms with Crippen LogP contribution in [-0.4, -0.2) is 10.3 Å². The summed E-state index contributed by atoms with van der Waals surface area (Å²) in [6.45, 7) is 0. The molecular formula is C13H14BrNS. The average Bonchev–Trinajstić information content (AvgIpc) is 2.82. The van der Waals surface area contributed by atoms with E-state index in [2.05, 4.69) is 56.6 Å². The zero-order chi connectivity index (χ0) is 11.2. The van der Waals surface area contributed by atoms with E-state index in [0.717, 1.165) is 18.2 Å². The standard InChI is InChI=1S/C13H14BrNS/c14-8-12(7-13-9-16-10-15-13)6-11-4-2-1-3-5-11/h1-5,9-10,12H,6-8H2. The molecule has 0 N–H and O–H groups in total. The molecule has 1 atom stereocenters. The number of aromatic nitrogens is 1. The van der Waals surface area contributed by atoms with Crippen LogP contribution in [0.4, 0.5) is 0 Å². The van der Waals surface area contributed by atoms with Crippen LogP contribution in [0.3, 0.4) is 0 Å². The number of thiazole rings is 1. The first-order valence-electron chi connectivity index (χ1n) is 5.35. The third kappa shape index (κ3) is 3.42. The van der Waals surface area contributed by atoms with Crippen molar-refractivity contribution in [3.63, 3.8) is 0 Å². The van der Waals surface area contributed by atoms with Gasteiger partial charge in [0.15, 0.2) is 0 Å². The van der Waals surface area contributed by atoms with Gasteiger partial charge >= 0.3 is 0 Å². The van der Waals surface area contributed by atoms with Crippen molar-refractivity contribution in [3.8, 4) is 0 Å². The summed E-state index contributed by atoms with van der Waals surface area (Å²) in [6, 6.07) is 10.6. The molecule has 1 nitrogen and oxygen atoms in total. The second-order valence-electron chi connectivity index (χ2n) is 3.89. The highest BCUT2D eigenvalue weighted by molar-refractivity contribution is 9.09. The molecule has 0 fully saturated rings. The summed E-state index contributed by atoms with van der Waals surface area (Å²) in [7, 11) is 0. The van der Waals surface area contributed by atoms with Crippen molar-refractivity contribution in [2.45, 2.75) is 12.8 Å². The monoisotopic (exact) mass is 295 g/mol. The fourth-order valence-corrected chi connectivity index (χ4v) is 2.79. The Morgan fingerprint density at radius 3 is 2.62 bits per heavy atom. The molecule has 0 aliphatic carbocycles. The Balaban J connectivity index is 1.96. The first-order valence-corrected chi connectivity index (χ1v) is 7.42. The summed E-state index contributed by atoms with van der Waals surface area (Å²) in [5.74, 6) is 0.629. The van der Waals surface area contributed by atoms with Gasteiger partial charge in [-0.1, -0.05) is 46.3 Å². The highest BCUT2D eigenvalue weighted by atomic mass is 79.9. The van der Waals surface area contributed by atoms with Gasteiger partial charge in [0, 0.05) is 10.7 Å². The SMILES string of the molecule is BrCC(Cc1ccccc1)Cc1cscn1. The molecule has 0 saturated carbocycles. The van der Waals surface area contributed by atoms with Gasteiger partial charge in [0.25, 0.3) is 0 Å². The summed E-state index contributed by atoms with van der Waals surface area (Å²) < 4.78 is 0. The van der Waals surface area contributed by atoms with Crippen LogP contribution in [0, 0.1) is 5.92 Å². The van der Waals surface area contributed by atoms with Crippen molar-refractivity contribution < 1.29 is 0 Å².